The number of hydrogen-bond donors (Lipinski definition) is 1. The Balaban J connectivity index is 2.22. The molecule has 0 fully saturated rings. The number of rotatable bonds is 3. The van der Waals surface area contributed by atoms with Crippen LogP contribution in [0.1, 0.15) is 5.56 Å². The fourth-order valence-electron chi connectivity index (χ4n) is 1.42. The Kier molecular flexibility index (Phi) is 4.05. The van der Waals surface area contributed by atoms with E-state index in [-0.39, 0.29) is 5.82 Å². The third kappa shape index (κ3) is 3.22. The maximum atomic E-state index is 13.0. The van der Waals surface area contributed by atoms with E-state index in [0.29, 0.717) is 11.6 Å². The van der Waals surface area contributed by atoms with E-state index >= 15 is 0 Å². The molecule has 0 unspecified atom stereocenters. The van der Waals surface area contributed by atoms with Crippen LogP contribution in [0.2, 0.25) is 5.02 Å². The second-order valence-corrected chi connectivity index (χ2v) is 5.07. The molecule has 2 N–H and O–H groups in total. The van der Waals surface area contributed by atoms with Gasteiger partial charge < -0.3 is 5.73 Å². The zero-order valence-electron chi connectivity index (χ0n) is 8.99. The van der Waals surface area contributed by atoms with Gasteiger partial charge in [-0.1, -0.05) is 35.5 Å². The third-order valence-electron chi connectivity index (χ3n) is 2.28. The summed E-state index contributed by atoms with van der Waals surface area (Å²) in [6, 6.07) is 12.1. The van der Waals surface area contributed by atoms with Gasteiger partial charge >= 0.3 is 0 Å². The van der Waals surface area contributed by atoms with Gasteiger partial charge in [0.15, 0.2) is 0 Å². The second kappa shape index (κ2) is 5.54. The predicted octanol–water partition coefficient (Wildman–Crippen LogP) is 4.09. The molecule has 0 atom stereocenters. The van der Waals surface area contributed by atoms with Crippen molar-refractivity contribution in [3.8, 4) is 0 Å². The molecule has 0 bridgehead atoms. The molecule has 2 rings (SSSR count). The average molecular weight is 268 g/mol. The van der Waals surface area contributed by atoms with Gasteiger partial charge in [-0.25, -0.2) is 4.39 Å². The van der Waals surface area contributed by atoms with Gasteiger partial charge in [-0.05, 0) is 35.9 Å². The predicted molar refractivity (Wildman–Crippen MR) is 69.9 cm³/mol. The van der Waals surface area contributed by atoms with Crippen LogP contribution < -0.4 is 5.73 Å². The zero-order valence-corrected chi connectivity index (χ0v) is 10.6. The first-order valence-corrected chi connectivity index (χ1v) is 6.30. The van der Waals surface area contributed by atoms with Crippen LogP contribution in [0.25, 0.3) is 0 Å². The van der Waals surface area contributed by atoms with Crippen molar-refractivity contribution in [2.75, 3.05) is 0 Å². The summed E-state index contributed by atoms with van der Waals surface area (Å²) in [7, 11) is 0. The first kappa shape index (κ1) is 12.4. The van der Waals surface area contributed by atoms with Gasteiger partial charge in [0, 0.05) is 21.4 Å². The third-order valence-corrected chi connectivity index (χ3v) is 3.61. The molecule has 0 saturated heterocycles. The standard InChI is InChI=1S/C13H11ClFNS/c14-13-7-12(5-4-9(13)8-16)17-11-3-1-2-10(15)6-11/h1-7H,8,16H2. The molecule has 1 nitrogen and oxygen atoms in total. The van der Waals surface area contributed by atoms with Crippen molar-refractivity contribution in [1.82, 2.24) is 0 Å². The average Bonchev–Trinajstić information content (AvgIpc) is 2.29. The van der Waals surface area contributed by atoms with Crippen molar-refractivity contribution in [3.63, 3.8) is 0 Å². The van der Waals surface area contributed by atoms with E-state index in [1.54, 1.807) is 6.07 Å². The Hall–Kier alpha value is -1.03. The number of halogens is 2. The van der Waals surface area contributed by atoms with Crippen LogP contribution in [-0.2, 0) is 6.54 Å². The van der Waals surface area contributed by atoms with E-state index in [1.165, 1.54) is 23.9 Å². The molecular formula is C13H11ClFNS. The van der Waals surface area contributed by atoms with Crippen LogP contribution in [0.5, 0.6) is 0 Å². The molecule has 17 heavy (non-hydrogen) atoms. The minimum absolute atomic E-state index is 0.236. The number of nitrogens with two attached hydrogens (primary N) is 1. The first-order valence-electron chi connectivity index (χ1n) is 5.11. The molecule has 0 amide bonds. The van der Waals surface area contributed by atoms with Crippen molar-refractivity contribution >= 4 is 23.4 Å². The summed E-state index contributed by atoms with van der Waals surface area (Å²) in [5.41, 5.74) is 6.44. The molecule has 0 aromatic heterocycles. The summed E-state index contributed by atoms with van der Waals surface area (Å²) in [6.45, 7) is 0.420. The van der Waals surface area contributed by atoms with Crippen molar-refractivity contribution in [2.24, 2.45) is 5.73 Å². The Morgan fingerprint density at radius 1 is 1.12 bits per heavy atom. The normalized spacial score (nSPS) is 10.5. The van der Waals surface area contributed by atoms with Gasteiger partial charge in [0.2, 0.25) is 0 Å². The Bertz CT molecular complexity index is 531. The molecule has 2 aromatic rings. The maximum absolute atomic E-state index is 13.0. The summed E-state index contributed by atoms with van der Waals surface area (Å²) in [4.78, 5) is 1.82. The highest BCUT2D eigenvalue weighted by Crippen LogP contribution is 2.30. The molecular weight excluding hydrogens is 257 g/mol. The molecule has 4 heteroatoms. The lowest BCUT2D eigenvalue weighted by atomic mass is 10.2. The lowest BCUT2D eigenvalue weighted by Gasteiger charge is -2.05. The SMILES string of the molecule is NCc1ccc(Sc2cccc(F)c2)cc1Cl. The number of benzene rings is 2. The second-order valence-electron chi connectivity index (χ2n) is 3.52. The summed E-state index contributed by atoms with van der Waals surface area (Å²) >= 11 is 7.53. The first-order chi connectivity index (χ1) is 8.19. The quantitative estimate of drug-likeness (QED) is 0.906. The van der Waals surface area contributed by atoms with E-state index in [9.17, 15) is 4.39 Å². The monoisotopic (exact) mass is 267 g/mol. The van der Waals surface area contributed by atoms with Crippen LogP contribution in [0, 0.1) is 5.82 Å². The molecule has 0 heterocycles. The van der Waals surface area contributed by atoms with Crippen LogP contribution in [-0.4, -0.2) is 0 Å². The van der Waals surface area contributed by atoms with E-state index in [4.69, 9.17) is 17.3 Å². The zero-order chi connectivity index (χ0) is 12.3. The highest BCUT2D eigenvalue weighted by atomic mass is 35.5. The van der Waals surface area contributed by atoms with Gasteiger partial charge in [-0.3, -0.25) is 0 Å². The summed E-state index contributed by atoms with van der Waals surface area (Å²) in [5, 5.41) is 0.647. The summed E-state index contributed by atoms with van der Waals surface area (Å²) in [6.07, 6.45) is 0. The Morgan fingerprint density at radius 2 is 1.88 bits per heavy atom. The van der Waals surface area contributed by atoms with E-state index in [0.717, 1.165) is 15.4 Å². The lowest BCUT2D eigenvalue weighted by Crippen LogP contribution is -1.96. The van der Waals surface area contributed by atoms with Crippen LogP contribution >= 0.6 is 23.4 Å². The molecule has 2 aromatic carbocycles. The van der Waals surface area contributed by atoms with E-state index in [1.807, 2.05) is 24.3 Å². The fraction of sp³-hybridized carbons (Fsp3) is 0.0769. The van der Waals surface area contributed by atoms with E-state index < -0.39 is 0 Å². The van der Waals surface area contributed by atoms with Crippen molar-refractivity contribution in [3.05, 3.63) is 58.9 Å². The molecule has 88 valence electrons. The highest BCUT2D eigenvalue weighted by Gasteiger charge is 2.03. The van der Waals surface area contributed by atoms with Gasteiger partial charge in [-0.15, -0.1) is 0 Å². The van der Waals surface area contributed by atoms with Crippen LogP contribution in [0.4, 0.5) is 4.39 Å². The van der Waals surface area contributed by atoms with Crippen molar-refractivity contribution < 1.29 is 4.39 Å². The Labute approximate surface area is 109 Å². The fourth-order valence-corrected chi connectivity index (χ4v) is 2.65. The molecule has 0 aliphatic rings. The molecule has 0 spiro atoms. The largest absolute Gasteiger partial charge is 0.326 e. The molecule has 0 aliphatic heterocycles. The minimum atomic E-state index is -0.236. The van der Waals surface area contributed by atoms with Gasteiger partial charge in [0.05, 0.1) is 0 Å². The smallest absolute Gasteiger partial charge is 0.124 e. The molecule has 0 aliphatic carbocycles. The molecule has 0 radical (unpaired) electrons. The van der Waals surface area contributed by atoms with Crippen molar-refractivity contribution in [1.29, 1.82) is 0 Å². The minimum Gasteiger partial charge on any atom is -0.326 e. The molecule has 0 saturated carbocycles. The van der Waals surface area contributed by atoms with Crippen LogP contribution in [0.15, 0.2) is 52.3 Å². The van der Waals surface area contributed by atoms with Gasteiger partial charge in [-0.2, -0.15) is 0 Å². The van der Waals surface area contributed by atoms with Gasteiger partial charge in [0.25, 0.3) is 0 Å². The van der Waals surface area contributed by atoms with Crippen LogP contribution in [0.3, 0.4) is 0 Å². The topological polar surface area (TPSA) is 26.0 Å². The maximum Gasteiger partial charge on any atom is 0.124 e. The summed E-state index contributed by atoms with van der Waals surface area (Å²) in [5.74, 6) is -0.236. The lowest BCUT2D eigenvalue weighted by molar-refractivity contribution is 0.624. The summed E-state index contributed by atoms with van der Waals surface area (Å²) < 4.78 is 13.0. The Morgan fingerprint density at radius 3 is 2.53 bits per heavy atom. The highest BCUT2D eigenvalue weighted by molar-refractivity contribution is 7.99. The number of hydrogen-bond acceptors (Lipinski definition) is 2. The van der Waals surface area contributed by atoms with E-state index in [2.05, 4.69) is 0 Å². The van der Waals surface area contributed by atoms with Gasteiger partial charge in [0.1, 0.15) is 5.82 Å². The van der Waals surface area contributed by atoms with Crippen molar-refractivity contribution in [2.45, 2.75) is 16.3 Å².